The van der Waals surface area contributed by atoms with Gasteiger partial charge in [0.05, 0.1) is 70.3 Å². The van der Waals surface area contributed by atoms with E-state index in [0.29, 0.717) is 77.0 Å². The Kier molecular flexibility index (Phi) is 11.4. The molecule has 9 rings (SSSR count). The zero-order valence-corrected chi connectivity index (χ0v) is 36.7. The standard InChI is InChI=1S/C32H52Cl4N8O8S4/c33-53(45,46)13-1-5-17-21(9-13)29-39-25(17)37-26-18-6-2-14(54(34,47)48)10-22(18)31(40-26)44-32-24-12-16(56(36,51)52)4-8-20(24)28(42-32)38-27-19-7-3-15(55(35,49)50)11-23(19)30(41-27)43-29/h13-32,37-44H,1-12H2. The largest absolute Gasteiger partial charge is 0.286 e. The molecule has 16 nitrogen and oxygen atoms in total. The molecule has 5 heterocycles. The van der Waals surface area contributed by atoms with Crippen LogP contribution in [0, 0.1) is 47.3 Å². The highest BCUT2D eigenvalue weighted by atomic mass is 35.7. The van der Waals surface area contributed by atoms with Crippen molar-refractivity contribution in [3.05, 3.63) is 0 Å². The predicted molar refractivity (Wildman–Crippen MR) is 213 cm³/mol. The second kappa shape index (κ2) is 15.2. The zero-order chi connectivity index (χ0) is 39.7. The van der Waals surface area contributed by atoms with E-state index < -0.39 is 57.2 Å². The molecule has 9 aliphatic rings. The van der Waals surface area contributed by atoms with Gasteiger partial charge in [-0.25, -0.2) is 33.7 Å². The Morgan fingerprint density at radius 3 is 0.589 bits per heavy atom. The minimum atomic E-state index is -3.82. The Labute approximate surface area is 347 Å². The Bertz CT molecular complexity index is 1720. The molecule has 24 heteroatoms. The molecule has 0 amide bonds. The first-order valence-corrected chi connectivity index (χ1v) is 29.5. The van der Waals surface area contributed by atoms with Crippen LogP contribution in [-0.4, -0.2) is 104 Å². The zero-order valence-electron chi connectivity index (χ0n) is 30.4. The van der Waals surface area contributed by atoms with Gasteiger partial charge in [0.15, 0.2) is 0 Å². The van der Waals surface area contributed by atoms with E-state index >= 15 is 0 Å². The summed E-state index contributed by atoms with van der Waals surface area (Å²) in [7, 11) is 8.66. The van der Waals surface area contributed by atoms with Gasteiger partial charge in [-0.3, -0.25) is 42.5 Å². The molecule has 20 atom stereocenters. The van der Waals surface area contributed by atoms with Crippen LogP contribution in [0.4, 0.5) is 0 Å². The minimum absolute atomic E-state index is 0.0354. The van der Waals surface area contributed by atoms with E-state index in [-0.39, 0.29) is 96.7 Å². The van der Waals surface area contributed by atoms with Crippen molar-refractivity contribution in [2.45, 2.75) is 147 Å². The molecule has 0 spiro atoms. The first-order valence-electron chi connectivity index (χ1n) is 20.0. The Morgan fingerprint density at radius 2 is 0.429 bits per heavy atom. The van der Waals surface area contributed by atoms with E-state index in [0.717, 1.165) is 0 Å². The van der Waals surface area contributed by atoms with E-state index in [1.807, 2.05) is 0 Å². The second-order valence-electron chi connectivity index (χ2n) is 18.1. The van der Waals surface area contributed by atoms with Crippen molar-refractivity contribution < 1.29 is 33.7 Å². The number of nitrogens with one attached hydrogen (secondary N) is 8. The minimum Gasteiger partial charge on any atom is -0.286 e. The number of fused-ring (bicyclic) bond motifs is 20. The monoisotopic (exact) mass is 944 g/mol. The van der Waals surface area contributed by atoms with E-state index in [1.54, 1.807) is 0 Å². The lowest BCUT2D eigenvalue weighted by Crippen LogP contribution is -2.61. The van der Waals surface area contributed by atoms with Gasteiger partial charge in [-0.1, -0.05) is 0 Å². The Hall–Kier alpha value is 0.640. The van der Waals surface area contributed by atoms with E-state index in [9.17, 15) is 33.7 Å². The lowest BCUT2D eigenvalue weighted by atomic mass is 9.76. The number of halogens is 4. The fraction of sp³-hybridized carbons (Fsp3) is 1.00. The lowest BCUT2D eigenvalue weighted by molar-refractivity contribution is 0.169. The van der Waals surface area contributed by atoms with E-state index in [1.165, 1.54) is 0 Å². The third-order valence-electron chi connectivity index (χ3n) is 15.5. The normalized spacial score (nSPS) is 51.1. The molecule has 0 aromatic carbocycles. The summed E-state index contributed by atoms with van der Waals surface area (Å²) in [6, 6.07) is 0. The van der Waals surface area contributed by atoms with E-state index in [2.05, 4.69) is 42.5 Å². The molecule has 5 saturated heterocycles. The summed E-state index contributed by atoms with van der Waals surface area (Å²) in [6.45, 7) is 0. The summed E-state index contributed by atoms with van der Waals surface area (Å²) in [6.07, 6.45) is 3.26. The number of hydrogen-bond donors (Lipinski definition) is 8. The van der Waals surface area contributed by atoms with Gasteiger partial charge in [-0.15, -0.1) is 0 Å². The van der Waals surface area contributed by atoms with Crippen molar-refractivity contribution in [1.82, 2.24) is 42.5 Å². The first-order chi connectivity index (χ1) is 26.2. The van der Waals surface area contributed by atoms with Crippen LogP contribution in [0.2, 0.25) is 0 Å². The van der Waals surface area contributed by atoms with Gasteiger partial charge in [0, 0.05) is 42.7 Å². The molecule has 20 unspecified atom stereocenters. The molecular formula is C32H52Cl4N8O8S4. The summed E-state index contributed by atoms with van der Waals surface area (Å²) >= 11 is 0. The highest BCUT2D eigenvalue weighted by molar-refractivity contribution is 8.15. The van der Waals surface area contributed by atoms with Crippen molar-refractivity contribution >= 4 is 78.9 Å². The van der Waals surface area contributed by atoms with Crippen LogP contribution in [0.5, 0.6) is 0 Å². The van der Waals surface area contributed by atoms with Crippen LogP contribution in [0.25, 0.3) is 0 Å². The van der Waals surface area contributed by atoms with Gasteiger partial charge < -0.3 is 0 Å². The maximum atomic E-state index is 12.7. The summed E-state index contributed by atoms with van der Waals surface area (Å²) in [5, 5.41) is 27.7. The molecule has 9 fully saturated rings. The molecule has 8 bridgehead atoms. The summed E-state index contributed by atoms with van der Waals surface area (Å²) in [4.78, 5) is 0. The third-order valence-corrected chi connectivity index (χ3v) is 23.4. The molecule has 8 N–H and O–H groups in total. The van der Waals surface area contributed by atoms with Crippen LogP contribution in [-0.2, 0) is 36.2 Å². The van der Waals surface area contributed by atoms with Gasteiger partial charge in [-0.2, -0.15) is 0 Å². The van der Waals surface area contributed by atoms with E-state index in [4.69, 9.17) is 42.7 Å². The van der Waals surface area contributed by atoms with Crippen LogP contribution in [0.3, 0.4) is 0 Å². The number of hydrogen-bond acceptors (Lipinski definition) is 16. The second-order valence-corrected chi connectivity index (χ2v) is 29.7. The topological polar surface area (TPSA) is 233 Å². The quantitative estimate of drug-likeness (QED) is 0.182. The van der Waals surface area contributed by atoms with Gasteiger partial charge in [0.2, 0.25) is 36.2 Å². The van der Waals surface area contributed by atoms with Gasteiger partial charge >= 0.3 is 0 Å². The van der Waals surface area contributed by atoms with Crippen LogP contribution >= 0.6 is 42.7 Å². The average molecular weight is 947 g/mol. The summed E-state index contributed by atoms with van der Waals surface area (Å²) in [5.74, 6) is -0.325. The number of rotatable bonds is 4. The van der Waals surface area contributed by atoms with Crippen LogP contribution in [0.1, 0.15) is 77.0 Å². The third kappa shape index (κ3) is 7.95. The van der Waals surface area contributed by atoms with Crippen molar-refractivity contribution in [2.24, 2.45) is 47.3 Å². The predicted octanol–water partition coefficient (Wildman–Crippen LogP) is 0.794. The van der Waals surface area contributed by atoms with Gasteiger partial charge in [0.25, 0.3) is 0 Å². The fourth-order valence-electron chi connectivity index (χ4n) is 12.9. The maximum Gasteiger partial charge on any atom is 0.235 e. The molecule has 0 aromatic rings. The molecule has 4 saturated carbocycles. The average Bonchev–Trinajstić information content (AvgIpc) is 3.84. The van der Waals surface area contributed by atoms with Crippen molar-refractivity contribution in [3.8, 4) is 0 Å². The van der Waals surface area contributed by atoms with Crippen molar-refractivity contribution in [2.75, 3.05) is 0 Å². The summed E-state index contributed by atoms with van der Waals surface area (Å²) in [5.41, 5.74) is 0. The van der Waals surface area contributed by atoms with Gasteiger partial charge in [-0.05, 0) is 124 Å². The lowest BCUT2D eigenvalue weighted by Gasteiger charge is -2.38. The molecule has 4 aliphatic carbocycles. The highest BCUT2D eigenvalue weighted by Gasteiger charge is 2.58. The van der Waals surface area contributed by atoms with Crippen LogP contribution in [0.15, 0.2) is 0 Å². The Balaban J connectivity index is 1.08. The smallest absolute Gasteiger partial charge is 0.235 e. The van der Waals surface area contributed by atoms with Crippen LogP contribution < -0.4 is 42.5 Å². The molecule has 5 aliphatic heterocycles. The maximum absolute atomic E-state index is 12.7. The first kappa shape index (κ1) is 42.0. The van der Waals surface area contributed by atoms with Crippen molar-refractivity contribution in [3.63, 3.8) is 0 Å². The fourth-order valence-corrected chi connectivity index (χ4v) is 18.3. The SMILES string of the molecule is O=S(=O)(Cl)C1CCC2C3NC4NC(NC5NC(NC6NC(NC(N3)C2C1)C1CC(S(=O)(=O)Cl)CCC61)C1CCC(S(=O)(=O)Cl)CC51)C1CC(S(=O)(=O)Cl)CCC41. The molecular weight excluding hydrogens is 894 g/mol. The van der Waals surface area contributed by atoms with Crippen molar-refractivity contribution in [1.29, 1.82) is 0 Å². The van der Waals surface area contributed by atoms with Gasteiger partial charge in [0.1, 0.15) is 0 Å². The molecule has 56 heavy (non-hydrogen) atoms. The molecule has 0 radical (unpaired) electrons. The summed E-state index contributed by atoms with van der Waals surface area (Å²) < 4.78 is 101. The molecule has 320 valence electrons. The highest BCUT2D eigenvalue weighted by Crippen LogP contribution is 2.48. The molecule has 0 aromatic heterocycles. The Morgan fingerprint density at radius 1 is 0.268 bits per heavy atom.